The van der Waals surface area contributed by atoms with Crippen LogP contribution in [0, 0.1) is 5.41 Å². The van der Waals surface area contributed by atoms with Crippen LogP contribution >= 0.6 is 0 Å². The van der Waals surface area contributed by atoms with Crippen LogP contribution in [0.5, 0.6) is 0 Å². The number of hydrogen-bond donors (Lipinski definition) is 2. The summed E-state index contributed by atoms with van der Waals surface area (Å²) in [6.07, 6.45) is 1.03. The highest BCUT2D eigenvalue weighted by molar-refractivity contribution is 5.63. The molecule has 1 fully saturated rings. The molecule has 2 atom stereocenters. The number of aliphatic hydroxyl groups is 1. The van der Waals surface area contributed by atoms with Crippen LogP contribution in [-0.2, 0) is 4.74 Å². The van der Waals surface area contributed by atoms with Crippen LogP contribution in [0.15, 0.2) is 0 Å². The van der Waals surface area contributed by atoms with Gasteiger partial charge in [-0.3, -0.25) is 0 Å². The van der Waals surface area contributed by atoms with Gasteiger partial charge in [0.25, 0.3) is 0 Å². The summed E-state index contributed by atoms with van der Waals surface area (Å²) in [5, 5.41) is 14.9. The van der Waals surface area contributed by atoms with E-state index in [1.54, 1.807) is 0 Å². The second-order valence-corrected chi connectivity index (χ2v) is 1.49. The molecular formula is C4H7NO2. The summed E-state index contributed by atoms with van der Waals surface area (Å²) in [5.74, 6) is 0. The predicted octanol–water partition coefficient (Wildman–Crippen LogP) is -0.604. The average Bonchev–Trinajstić information content (AvgIpc) is 2.43. The molecule has 0 aliphatic carbocycles. The molecule has 2 N–H and O–H groups in total. The summed E-state index contributed by atoms with van der Waals surface area (Å²) in [4.78, 5) is 0. The fraction of sp³-hybridized carbons (Fsp3) is 0.750. The van der Waals surface area contributed by atoms with Crippen LogP contribution in [0.25, 0.3) is 0 Å². The Labute approximate surface area is 41.4 Å². The number of nitrogens with one attached hydrogen (secondary N) is 1. The lowest BCUT2D eigenvalue weighted by atomic mass is 10.3. The van der Waals surface area contributed by atoms with Gasteiger partial charge in [0.05, 0.1) is 6.61 Å². The first-order chi connectivity index (χ1) is 3.38. The first kappa shape index (κ1) is 4.74. The topological polar surface area (TPSA) is 56.6 Å². The van der Waals surface area contributed by atoms with Crippen molar-refractivity contribution in [2.24, 2.45) is 0 Å². The molecular weight excluding hydrogens is 94.0 g/mol. The molecule has 0 spiro atoms. The number of ether oxygens (including phenoxy) is 1. The lowest BCUT2D eigenvalue weighted by Crippen LogP contribution is -1.98. The Kier molecular flexibility index (Phi) is 1.08. The summed E-state index contributed by atoms with van der Waals surface area (Å²) in [6.45, 7) is 0.0417. The van der Waals surface area contributed by atoms with Crippen LogP contribution in [0.1, 0.15) is 0 Å². The summed E-state index contributed by atoms with van der Waals surface area (Å²) in [7, 11) is 0. The van der Waals surface area contributed by atoms with E-state index in [9.17, 15) is 0 Å². The van der Waals surface area contributed by atoms with Gasteiger partial charge in [-0.25, -0.2) is 0 Å². The molecule has 1 aliphatic rings. The van der Waals surface area contributed by atoms with Crippen molar-refractivity contribution in [1.29, 1.82) is 5.41 Å². The van der Waals surface area contributed by atoms with E-state index in [1.807, 2.05) is 0 Å². The first-order valence-electron chi connectivity index (χ1n) is 2.15. The van der Waals surface area contributed by atoms with Gasteiger partial charge in [0, 0.05) is 6.21 Å². The minimum Gasteiger partial charge on any atom is -0.394 e. The van der Waals surface area contributed by atoms with Crippen LogP contribution in [0.3, 0.4) is 0 Å². The third kappa shape index (κ3) is 0.783. The average molecular weight is 101 g/mol. The largest absolute Gasteiger partial charge is 0.394 e. The van der Waals surface area contributed by atoms with E-state index < -0.39 is 0 Å². The molecule has 3 heteroatoms. The molecule has 1 aliphatic heterocycles. The third-order valence-electron chi connectivity index (χ3n) is 0.966. The van der Waals surface area contributed by atoms with Crippen LogP contribution in [0.4, 0.5) is 0 Å². The minimum absolute atomic E-state index is 0.0417. The Morgan fingerprint density at radius 1 is 1.86 bits per heavy atom. The molecule has 1 saturated heterocycles. The standard InChI is InChI=1S/C4H7NO2/c5-1-3-4(2-6)7-3/h1,3-6H,2H2. The van der Waals surface area contributed by atoms with Gasteiger partial charge in [-0.05, 0) is 0 Å². The molecule has 0 aromatic carbocycles. The van der Waals surface area contributed by atoms with E-state index in [-0.39, 0.29) is 18.8 Å². The highest BCUT2D eigenvalue weighted by Crippen LogP contribution is 2.17. The fourth-order valence-corrected chi connectivity index (χ4v) is 0.450. The lowest BCUT2D eigenvalue weighted by molar-refractivity contribution is 0.243. The van der Waals surface area contributed by atoms with Gasteiger partial charge in [0.15, 0.2) is 0 Å². The molecule has 2 unspecified atom stereocenters. The molecule has 7 heavy (non-hydrogen) atoms. The number of epoxide rings is 1. The Balaban J connectivity index is 2.17. The molecule has 1 rings (SSSR count). The zero-order valence-corrected chi connectivity index (χ0v) is 3.79. The Hall–Kier alpha value is -0.410. The maximum atomic E-state index is 8.28. The van der Waals surface area contributed by atoms with Crippen molar-refractivity contribution in [1.82, 2.24) is 0 Å². The molecule has 3 nitrogen and oxygen atoms in total. The summed E-state index contributed by atoms with van der Waals surface area (Å²) in [5.41, 5.74) is 0. The molecule has 0 bridgehead atoms. The second-order valence-electron chi connectivity index (χ2n) is 1.49. The molecule has 0 aromatic rings. The second kappa shape index (κ2) is 1.60. The van der Waals surface area contributed by atoms with Crippen LogP contribution in [-0.4, -0.2) is 30.1 Å². The quantitative estimate of drug-likeness (QED) is 0.360. The van der Waals surface area contributed by atoms with Crippen LogP contribution in [0.2, 0.25) is 0 Å². The lowest BCUT2D eigenvalue weighted by Gasteiger charge is -1.73. The molecule has 0 aromatic heterocycles. The third-order valence-corrected chi connectivity index (χ3v) is 0.966. The summed E-state index contributed by atoms with van der Waals surface area (Å²) >= 11 is 0. The van der Waals surface area contributed by atoms with Crippen molar-refractivity contribution >= 4 is 6.21 Å². The number of rotatable bonds is 2. The van der Waals surface area contributed by atoms with Gasteiger partial charge in [-0.15, -0.1) is 0 Å². The highest BCUT2D eigenvalue weighted by atomic mass is 16.6. The Bertz CT molecular complexity index is 83.8. The monoisotopic (exact) mass is 101 g/mol. The SMILES string of the molecule is N=CC1OC1CO. The van der Waals surface area contributed by atoms with Crippen LogP contribution < -0.4 is 0 Å². The van der Waals surface area contributed by atoms with E-state index in [1.165, 1.54) is 6.21 Å². The van der Waals surface area contributed by atoms with Crippen molar-refractivity contribution in [2.45, 2.75) is 12.2 Å². The van der Waals surface area contributed by atoms with Gasteiger partial charge in [-0.1, -0.05) is 0 Å². The molecule has 0 saturated carbocycles. The molecule has 0 radical (unpaired) electrons. The van der Waals surface area contributed by atoms with Gasteiger partial charge < -0.3 is 15.3 Å². The summed E-state index contributed by atoms with van der Waals surface area (Å²) in [6, 6.07) is 0. The maximum absolute atomic E-state index is 8.28. The van der Waals surface area contributed by atoms with E-state index in [0.29, 0.717) is 0 Å². The molecule has 40 valence electrons. The van der Waals surface area contributed by atoms with Gasteiger partial charge in [0.1, 0.15) is 12.2 Å². The zero-order chi connectivity index (χ0) is 5.28. The minimum atomic E-state index is -0.0926. The van der Waals surface area contributed by atoms with E-state index in [0.717, 1.165) is 0 Å². The fourth-order valence-electron chi connectivity index (χ4n) is 0.450. The first-order valence-corrected chi connectivity index (χ1v) is 2.15. The Morgan fingerprint density at radius 3 is 2.71 bits per heavy atom. The van der Waals surface area contributed by atoms with E-state index in [4.69, 9.17) is 15.3 Å². The molecule has 1 heterocycles. The van der Waals surface area contributed by atoms with Crippen molar-refractivity contribution in [3.05, 3.63) is 0 Å². The smallest absolute Gasteiger partial charge is 0.121 e. The van der Waals surface area contributed by atoms with Crippen molar-refractivity contribution < 1.29 is 9.84 Å². The number of hydrogen-bond acceptors (Lipinski definition) is 3. The van der Waals surface area contributed by atoms with Crippen molar-refractivity contribution in [2.75, 3.05) is 6.61 Å². The zero-order valence-electron chi connectivity index (χ0n) is 3.79. The number of aliphatic hydroxyl groups excluding tert-OH is 1. The predicted molar refractivity (Wildman–Crippen MR) is 24.5 cm³/mol. The van der Waals surface area contributed by atoms with Gasteiger partial charge >= 0.3 is 0 Å². The normalized spacial score (nSPS) is 37.9. The Morgan fingerprint density at radius 2 is 2.57 bits per heavy atom. The molecule has 0 amide bonds. The highest BCUT2D eigenvalue weighted by Gasteiger charge is 2.35. The van der Waals surface area contributed by atoms with Crippen molar-refractivity contribution in [3.63, 3.8) is 0 Å². The van der Waals surface area contributed by atoms with Gasteiger partial charge in [-0.2, -0.15) is 0 Å². The van der Waals surface area contributed by atoms with Gasteiger partial charge in [0.2, 0.25) is 0 Å². The van der Waals surface area contributed by atoms with Crippen molar-refractivity contribution in [3.8, 4) is 0 Å². The van der Waals surface area contributed by atoms with E-state index >= 15 is 0 Å². The summed E-state index contributed by atoms with van der Waals surface area (Å²) < 4.78 is 4.72. The van der Waals surface area contributed by atoms with E-state index in [2.05, 4.69) is 0 Å². The maximum Gasteiger partial charge on any atom is 0.121 e.